The molecular weight excluding hydrogens is 378 g/mol. The zero-order chi connectivity index (χ0) is 19.5. The second kappa shape index (κ2) is 6.31. The van der Waals surface area contributed by atoms with E-state index in [4.69, 9.17) is 14.7 Å². The van der Waals surface area contributed by atoms with Gasteiger partial charge < -0.3 is 10.1 Å². The van der Waals surface area contributed by atoms with E-state index in [-0.39, 0.29) is 16.5 Å². The van der Waals surface area contributed by atoms with Crippen molar-refractivity contribution in [3.05, 3.63) is 34.0 Å². The van der Waals surface area contributed by atoms with E-state index in [0.717, 1.165) is 50.6 Å². The zero-order valence-corrected chi connectivity index (χ0v) is 16.4. The summed E-state index contributed by atoms with van der Waals surface area (Å²) in [6, 6.07) is 2.30. The predicted octanol–water partition coefficient (Wildman–Crippen LogP) is 2.17. The molecular formula is C19H23N5O3S. The minimum atomic E-state index is -3.66. The number of carbonyl (C=O) groups excluding carboxylic acids is 1. The van der Waals surface area contributed by atoms with Gasteiger partial charge in [-0.15, -0.1) is 0 Å². The number of carbonyl (C=O) groups is 1. The highest BCUT2D eigenvalue weighted by Gasteiger charge is 2.33. The number of aromatic nitrogens is 2. The largest absolute Gasteiger partial charge is 0.477 e. The molecule has 1 amide bonds. The van der Waals surface area contributed by atoms with E-state index in [1.54, 1.807) is 0 Å². The molecule has 5 rings (SSSR count). The third kappa shape index (κ3) is 2.72. The standard InChI is InChI=1S/C19H23N5O3S/c20-28(21,26)17-16(23-24-8-3-9-27-19(17)24)18(25)22-15-13-6-1-4-11(13)10-12-5-2-7-14(12)15/h10H,1-9H2,(H,22,25)(H3,20,21,26). The van der Waals surface area contributed by atoms with E-state index in [1.165, 1.54) is 26.9 Å². The Morgan fingerprint density at radius 1 is 1.18 bits per heavy atom. The quantitative estimate of drug-likeness (QED) is 0.729. The highest BCUT2D eigenvalue weighted by Crippen LogP contribution is 2.39. The summed E-state index contributed by atoms with van der Waals surface area (Å²) in [5.74, 6) is -0.289. The molecule has 4 N–H and O–H groups in total. The lowest BCUT2D eigenvalue weighted by molar-refractivity contribution is 0.101. The summed E-state index contributed by atoms with van der Waals surface area (Å²) in [6.45, 7) is 0.968. The molecule has 148 valence electrons. The molecule has 0 bridgehead atoms. The number of hydrogen-bond acceptors (Lipinski definition) is 5. The summed E-state index contributed by atoms with van der Waals surface area (Å²) in [4.78, 5) is 13.1. The summed E-state index contributed by atoms with van der Waals surface area (Å²) in [5, 5.41) is 13.0. The number of fused-ring (bicyclic) bond motifs is 3. The summed E-state index contributed by atoms with van der Waals surface area (Å²) in [6.07, 6.45) is 6.86. The van der Waals surface area contributed by atoms with Gasteiger partial charge in [-0.1, -0.05) is 6.07 Å². The molecule has 0 saturated heterocycles. The van der Waals surface area contributed by atoms with Crippen LogP contribution in [0, 0.1) is 4.78 Å². The Morgan fingerprint density at radius 2 is 1.86 bits per heavy atom. The normalized spacial score (nSPS) is 19.3. The van der Waals surface area contributed by atoms with Gasteiger partial charge in [0.25, 0.3) is 5.91 Å². The van der Waals surface area contributed by atoms with Crippen LogP contribution >= 0.6 is 0 Å². The van der Waals surface area contributed by atoms with Crippen molar-refractivity contribution in [2.75, 3.05) is 11.9 Å². The third-order valence-corrected chi connectivity index (χ3v) is 6.82. The number of rotatable bonds is 3. The van der Waals surface area contributed by atoms with Gasteiger partial charge in [0.2, 0.25) is 5.88 Å². The van der Waals surface area contributed by atoms with E-state index in [2.05, 4.69) is 16.5 Å². The number of hydrogen-bond donors (Lipinski definition) is 3. The van der Waals surface area contributed by atoms with Crippen LogP contribution in [0.5, 0.6) is 5.88 Å². The molecule has 0 spiro atoms. The maximum Gasteiger partial charge on any atom is 0.277 e. The Hall–Kier alpha value is -2.39. The van der Waals surface area contributed by atoms with Crippen molar-refractivity contribution in [2.24, 2.45) is 5.14 Å². The van der Waals surface area contributed by atoms with E-state index in [9.17, 15) is 9.00 Å². The van der Waals surface area contributed by atoms with Crippen molar-refractivity contribution in [3.8, 4) is 5.88 Å². The maximum absolute atomic E-state index is 13.2. The van der Waals surface area contributed by atoms with Crippen LogP contribution in [0.25, 0.3) is 0 Å². The SMILES string of the molecule is N=S(N)(=O)c1c(C(=O)Nc2c3c(cc4c2CCC4)CCC3)nn2c1OCCC2. The van der Waals surface area contributed by atoms with Gasteiger partial charge in [0.1, 0.15) is 9.92 Å². The Labute approximate surface area is 163 Å². The lowest BCUT2D eigenvalue weighted by atomic mass is 9.98. The Kier molecular flexibility index (Phi) is 3.99. The lowest BCUT2D eigenvalue weighted by Crippen LogP contribution is -2.21. The molecule has 9 heteroatoms. The van der Waals surface area contributed by atoms with Crippen LogP contribution in [-0.4, -0.2) is 26.5 Å². The van der Waals surface area contributed by atoms with Crippen LogP contribution in [0.4, 0.5) is 5.69 Å². The first-order chi connectivity index (χ1) is 13.4. The number of nitrogens with one attached hydrogen (secondary N) is 2. The number of amides is 1. The molecule has 0 radical (unpaired) electrons. The van der Waals surface area contributed by atoms with Crippen molar-refractivity contribution in [1.82, 2.24) is 9.78 Å². The summed E-state index contributed by atoms with van der Waals surface area (Å²) < 4.78 is 27.3. The van der Waals surface area contributed by atoms with E-state index < -0.39 is 15.8 Å². The van der Waals surface area contributed by atoms with Crippen molar-refractivity contribution in [3.63, 3.8) is 0 Å². The number of ether oxygens (including phenoxy) is 1. The molecule has 1 aliphatic heterocycles. The highest BCUT2D eigenvalue weighted by atomic mass is 32.2. The zero-order valence-electron chi connectivity index (χ0n) is 15.5. The van der Waals surface area contributed by atoms with Gasteiger partial charge >= 0.3 is 0 Å². The van der Waals surface area contributed by atoms with E-state index in [0.29, 0.717) is 13.2 Å². The van der Waals surface area contributed by atoms with Gasteiger partial charge in [0.15, 0.2) is 10.6 Å². The van der Waals surface area contributed by atoms with Crippen LogP contribution in [0.1, 0.15) is 52.0 Å². The van der Waals surface area contributed by atoms with Crippen LogP contribution in [0.15, 0.2) is 11.0 Å². The number of nitrogens with two attached hydrogens (primary N) is 1. The average Bonchev–Trinajstić information content (AvgIpc) is 3.37. The molecule has 0 saturated carbocycles. The van der Waals surface area contributed by atoms with Crippen molar-refractivity contribution in [1.29, 1.82) is 4.78 Å². The molecule has 28 heavy (non-hydrogen) atoms. The average molecular weight is 401 g/mol. The van der Waals surface area contributed by atoms with Gasteiger partial charge in [-0.3, -0.25) is 4.79 Å². The van der Waals surface area contributed by atoms with E-state index >= 15 is 0 Å². The molecule has 2 aromatic rings. The van der Waals surface area contributed by atoms with Crippen LogP contribution in [0.3, 0.4) is 0 Å². The first-order valence-electron chi connectivity index (χ1n) is 9.71. The molecule has 1 aromatic heterocycles. The molecule has 1 unspecified atom stereocenters. The van der Waals surface area contributed by atoms with Gasteiger partial charge in [-0.05, 0) is 60.8 Å². The Bertz CT molecular complexity index is 1070. The van der Waals surface area contributed by atoms with Crippen molar-refractivity contribution in [2.45, 2.75) is 56.4 Å². The van der Waals surface area contributed by atoms with Gasteiger partial charge in [0.05, 0.1) is 6.61 Å². The second-order valence-corrected chi connectivity index (χ2v) is 9.31. The van der Waals surface area contributed by atoms with Crippen LogP contribution < -0.4 is 15.2 Å². The minimum Gasteiger partial charge on any atom is -0.477 e. The summed E-state index contributed by atoms with van der Waals surface area (Å²) >= 11 is 0. The molecule has 0 fully saturated rings. The first-order valence-corrected chi connectivity index (χ1v) is 11.3. The number of aryl methyl sites for hydroxylation is 3. The Balaban J connectivity index is 1.59. The fourth-order valence-corrected chi connectivity index (χ4v) is 5.51. The van der Waals surface area contributed by atoms with E-state index in [1.807, 2.05) is 0 Å². The Morgan fingerprint density at radius 3 is 2.50 bits per heavy atom. The second-order valence-electron chi connectivity index (χ2n) is 7.70. The van der Waals surface area contributed by atoms with Gasteiger partial charge in [-0.25, -0.2) is 18.8 Å². The molecule has 2 aliphatic carbocycles. The molecule has 1 atom stereocenters. The minimum absolute atomic E-state index is 0.0678. The molecule has 3 aliphatic rings. The monoisotopic (exact) mass is 401 g/mol. The third-order valence-electron chi connectivity index (χ3n) is 5.85. The van der Waals surface area contributed by atoms with Gasteiger partial charge in [0, 0.05) is 18.7 Å². The molecule has 2 heterocycles. The maximum atomic E-state index is 13.2. The fourth-order valence-electron chi connectivity index (χ4n) is 4.67. The number of anilines is 1. The fraction of sp³-hybridized carbons (Fsp3) is 0.474. The van der Waals surface area contributed by atoms with Crippen molar-refractivity contribution >= 4 is 21.5 Å². The lowest BCUT2D eigenvalue weighted by Gasteiger charge is -2.16. The number of benzene rings is 1. The summed E-state index contributed by atoms with van der Waals surface area (Å²) in [7, 11) is -3.66. The molecule has 8 nitrogen and oxygen atoms in total. The first kappa shape index (κ1) is 17.7. The van der Waals surface area contributed by atoms with Crippen LogP contribution in [0.2, 0.25) is 0 Å². The number of nitrogens with zero attached hydrogens (tertiary/aromatic N) is 2. The summed E-state index contributed by atoms with van der Waals surface area (Å²) in [5.41, 5.74) is 5.85. The van der Waals surface area contributed by atoms with Crippen LogP contribution in [-0.2, 0) is 42.1 Å². The smallest absolute Gasteiger partial charge is 0.277 e. The highest BCUT2D eigenvalue weighted by molar-refractivity contribution is 7.90. The molecule has 1 aromatic carbocycles. The topological polar surface area (TPSA) is 123 Å². The van der Waals surface area contributed by atoms with Gasteiger partial charge in [-0.2, -0.15) is 5.10 Å². The van der Waals surface area contributed by atoms with Crippen molar-refractivity contribution < 1.29 is 13.7 Å². The predicted molar refractivity (Wildman–Crippen MR) is 104 cm³/mol.